The van der Waals surface area contributed by atoms with Gasteiger partial charge in [-0.2, -0.15) is 0 Å². The molecule has 0 unspecified atom stereocenters. The Hall–Kier alpha value is -2.04. The third kappa shape index (κ3) is 2.19. The van der Waals surface area contributed by atoms with Crippen LogP contribution in [0.2, 0.25) is 0 Å². The van der Waals surface area contributed by atoms with E-state index in [1.165, 1.54) is 0 Å². The van der Waals surface area contributed by atoms with Gasteiger partial charge in [0.2, 0.25) is 4.91 Å². The molecule has 1 aromatic rings. The number of nitrogen functional groups attached to an aromatic ring is 1. The van der Waals surface area contributed by atoms with E-state index in [1.807, 2.05) is 5.43 Å². The smallest absolute Gasteiger partial charge is 0.265 e. The van der Waals surface area contributed by atoms with Crippen LogP contribution < -0.4 is 16.2 Å². The topological polar surface area (TPSA) is 105 Å². The molecule has 0 atom stereocenters. The zero-order chi connectivity index (χ0) is 9.68. The number of amides is 1. The fourth-order valence-electron chi connectivity index (χ4n) is 0.821. The van der Waals surface area contributed by atoms with Crippen molar-refractivity contribution < 1.29 is 4.79 Å². The maximum absolute atomic E-state index is 11.0. The lowest BCUT2D eigenvalue weighted by molar-refractivity contribution is 0.0953. The quantitative estimate of drug-likeness (QED) is 0.201. The monoisotopic (exact) mass is 178 g/mol. The number of carbonyl (C=O) groups is 1. The van der Waals surface area contributed by atoms with Crippen LogP contribution in [-0.2, 0) is 0 Å². The maximum Gasteiger partial charge on any atom is 0.265 e. The van der Waals surface area contributed by atoms with Crippen LogP contribution in [0.15, 0.2) is 29.4 Å². The van der Waals surface area contributed by atoms with Crippen LogP contribution in [0.5, 0.6) is 0 Å². The van der Waals surface area contributed by atoms with Crippen molar-refractivity contribution in [3.63, 3.8) is 0 Å². The van der Waals surface area contributed by atoms with E-state index in [1.54, 1.807) is 24.3 Å². The first-order valence-corrected chi connectivity index (χ1v) is 3.46. The molecule has 0 bridgehead atoms. The van der Waals surface area contributed by atoms with E-state index < -0.39 is 0 Å². The Bertz CT molecular complexity index is 352. The summed E-state index contributed by atoms with van der Waals surface area (Å²) in [6, 6.07) is 6.24. The van der Waals surface area contributed by atoms with Crippen molar-refractivity contribution in [3.05, 3.63) is 29.8 Å². The molecule has 1 aromatic carbocycles. The zero-order valence-corrected chi connectivity index (χ0v) is 6.69. The van der Waals surface area contributed by atoms with Crippen molar-refractivity contribution in [2.24, 2.45) is 11.0 Å². The van der Waals surface area contributed by atoms with Crippen molar-refractivity contribution in [1.29, 1.82) is 5.53 Å². The molecule has 0 aliphatic heterocycles. The molecule has 1 amide bonds. The van der Waals surface area contributed by atoms with Crippen LogP contribution in [0.4, 0.5) is 5.69 Å². The molecule has 6 nitrogen and oxygen atoms in total. The van der Waals surface area contributed by atoms with Crippen molar-refractivity contribution in [1.82, 2.24) is 10.3 Å². The zero-order valence-electron chi connectivity index (χ0n) is 6.69. The molecule has 0 radical (unpaired) electrons. The molecule has 0 aromatic heterocycles. The van der Waals surface area contributed by atoms with Gasteiger partial charge < -0.3 is 0 Å². The molecule has 0 heterocycles. The first-order valence-electron chi connectivity index (χ1n) is 3.46. The number of hydrogen-bond acceptors (Lipinski definition) is 4. The standard InChI is InChI=1S/C7H7N5O/c8-10-7(13)5-1-3-6(4-2-5)11-12-9/h1-4,8H,(H2,9,11,13)/p+1. The second kappa shape index (κ2) is 4.10. The summed E-state index contributed by atoms with van der Waals surface area (Å²) in [5.74, 6) is 4.56. The molecule has 1 rings (SSSR count). The number of nitrogens with one attached hydrogen (secondary N) is 2. The lowest BCUT2D eigenvalue weighted by Gasteiger charge is -1.96. The Labute approximate surface area is 74.0 Å². The largest absolute Gasteiger partial charge is 0.290 e. The van der Waals surface area contributed by atoms with E-state index in [4.69, 9.17) is 11.4 Å². The fourth-order valence-corrected chi connectivity index (χ4v) is 0.821. The third-order valence-corrected chi connectivity index (χ3v) is 1.43. The first kappa shape index (κ1) is 9.05. The van der Waals surface area contributed by atoms with Gasteiger partial charge in [-0.25, -0.2) is 5.84 Å². The van der Waals surface area contributed by atoms with Gasteiger partial charge in [0.05, 0.1) is 0 Å². The Kier molecular flexibility index (Phi) is 2.86. The molecular weight excluding hydrogens is 170 g/mol. The Morgan fingerprint density at radius 1 is 1.46 bits per heavy atom. The summed E-state index contributed by atoms with van der Waals surface area (Å²) in [4.78, 5) is 13.8. The molecule has 0 fully saturated rings. The summed E-state index contributed by atoms with van der Waals surface area (Å²) in [5.41, 5.74) is 9.43. The molecular formula is C7H8N5O+. The van der Waals surface area contributed by atoms with Crippen molar-refractivity contribution in [3.8, 4) is 0 Å². The molecule has 0 aliphatic carbocycles. The van der Waals surface area contributed by atoms with Gasteiger partial charge in [-0.1, -0.05) is 0 Å². The predicted octanol–water partition coefficient (Wildman–Crippen LogP) is 0.472. The number of hydrogen-bond donors (Lipinski definition) is 3. The number of hydrazine groups is 1. The highest BCUT2D eigenvalue weighted by Crippen LogP contribution is 2.11. The second-order valence-electron chi connectivity index (χ2n) is 2.22. The lowest BCUT2D eigenvalue weighted by Crippen LogP contribution is -2.29. The second-order valence-corrected chi connectivity index (χ2v) is 2.22. The average molecular weight is 178 g/mol. The molecule has 13 heavy (non-hydrogen) atoms. The van der Waals surface area contributed by atoms with E-state index in [0.29, 0.717) is 11.3 Å². The number of benzene rings is 1. The van der Waals surface area contributed by atoms with Crippen LogP contribution in [0.3, 0.4) is 0 Å². The van der Waals surface area contributed by atoms with Gasteiger partial charge in [0.25, 0.3) is 5.91 Å². The molecule has 66 valence electrons. The number of nitrogens with zero attached hydrogens (tertiary/aromatic N) is 2. The summed E-state index contributed by atoms with van der Waals surface area (Å²) < 4.78 is 0. The third-order valence-electron chi connectivity index (χ3n) is 1.43. The highest BCUT2D eigenvalue weighted by molar-refractivity contribution is 5.93. The lowest BCUT2D eigenvalue weighted by atomic mass is 10.2. The van der Waals surface area contributed by atoms with Gasteiger partial charge in [0, 0.05) is 5.56 Å². The van der Waals surface area contributed by atoms with Gasteiger partial charge >= 0.3 is 0 Å². The highest BCUT2D eigenvalue weighted by atomic mass is 16.2. The first-order chi connectivity index (χ1) is 6.27. The van der Waals surface area contributed by atoms with E-state index in [0.717, 1.165) is 0 Å². The van der Waals surface area contributed by atoms with E-state index >= 15 is 0 Å². The summed E-state index contributed by atoms with van der Waals surface area (Å²) >= 11 is 0. The van der Waals surface area contributed by atoms with E-state index in [9.17, 15) is 4.79 Å². The summed E-state index contributed by atoms with van der Waals surface area (Å²) in [6.07, 6.45) is 0. The molecule has 0 spiro atoms. The maximum atomic E-state index is 11.0. The summed E-state index contributed by atoms with van der Waals surface area (Å²) in [5, 5.41) is 3.46. The van der Waals surface area contributed by atoms with Crippen LogP contribution >= 0.6 is 0 Å². The summed E-state index contributed by atoms with van der Waals surface area (Å²) in [6.45, 7) is 0. The minimum atomic E-state index is -0.366. The van der Waals surface area contributed by atoms with Crippen molar-refractivity contribution in [2.45, 2.75) is 0 Å². The number of carbonyl (C=O) groups excluding carboxylic acids is 1. The minimum Gasteiger partial charge on any atom is -0.290 e. The number of nitrogens with two attached hydrogens (primary N) is 1. The summed E-state index contributed by atoms with van der Waals surface area (Å²) in [7, 11) is 0. The van der Waals surface area contributed by atoms with Crippen molar-refractivity contribution in [2.75, 3.05) is 0 Å². The van der Waals surface area contributed by atoms with Crippen LogP contribution in [0, 0.1) is 5.53 Å². The van der Waals surface area contributed by atoms with Crippen LogP contribution in [0.1, 0.15) is 10.4 Å². The van der Waals surface area contributed by atoms with Gasteiger partial charge in [0.15, 0.2) is 10.8 Å². The van der Waals surface area contributed by atoms with Gasteiger partial charge in [-0.05, 0) is 24.3 Å². The molecule has 0 saturated heterocycles. The molecule has 4 N–H and O–H groups in total. The normalized spacial score (nSPS) is 8.69. The Balaban J connectivity index is 2.93. The Morgan fingerprint density at radius 3 is 2.54 bits per heavy atom. The van der Waals surface area contributed by atoms with Gasteiger partial charge in [-0.15, -0.1) is 0 Å². The minimum absolute atomic E-state index is 0.366. The molecule has 0 aliphatic rings. The van der Waals surface area contributed by atoms with Crippen LogP contribution in [-0.4, -0.2) is 5.91 Å². The SMILES string of the molecule is N=[N+]=Nc1ccc(C(=O)NN)cc1. The van der Waals surface area contributed by atoms with Gasteiger partial charge in [0.1, 0.15) is 5.53 Å². The van der Waals surface area contributed by atoms with Gasteiger partial charge in [-0.3, -0.25) is 10.2 Å². The van der Waals surface area contributed by atoms with Crippen LogP contribution in [0.25, 0.3) is 0 Å². The highest BCUT2D eigenvalue weighted by Gasteiger charge is 2.03. The van der Waals surface area contributed by atoms with E-state index in [2.05, 4.69) is 10.0 Å². The van der Waals surface area contributed by atoms with E-state index in [-0.39, 0.29) is 5.91 Å². The molecule has 0 saturated carbocycles. The Morgan fingerprint density at radius 2 is 2.08 bits per heavy atom. The van der Waals surface area contributed by atoms with Crippen molar-refractivity contribution >= 4 is 11.6 Å². The number of rotatable bonds is 2. The predicted molar refractivity (Wildman–Crippen MR) is 45.0 cm³/mol. The average Bonchev–Trinajstić information content (AvgIpc) is 2.18. The fraction of sp³-hybridized carbons (Fsp3) is 0. The molecule has 6 heteroatoms.